The summed E-state index contributed by atoms with van der Waals surface area (Å²) in [6, 6.07) is 0. The number of esters is 1. The number of carbonyl (C=O) groups excluding carboxylic acids is 1. The number of allylic oxidation sites excluding steroid dienone is 1. The highest BCUT2D eigenvalue weighted by atomic mass is 16.6. The molecule has 0 heterocycles. The molecule has 1 atom stereocenters. The van der Waals surface area contributed by atoms with Crippen LogP contribution < -0.4 is 0 Å². The Hall–Kier alpha value is -1.40. The molecule has 6 nitrogen and oxygen atoms in total. The standard InChI is InChI=1S/C14H24O6/c1-2-3-4-5-6-7-8-11(9-12(15)16)14(19)20-10-13(17)18/h7-8,11,13,17-18H,2-6,9-10H2,1H3,(H,15,16). The number of ether oxygens (including phenoxy) is 1. The van der Waals surface area contributed by atoms with E-state index in [0.29, 0.717) is 0 Å². The van der Waals surface area contributed by atoms with Crippen molar-refractivity contribution in [3.05, 3.63) is 12.2 Å². The van der Waals surface area contributed by atoms with E-state index in [9.17, 15) is 9.59 Å². The van der Waals surface area contributed by atoms with E-state index in [-0.39, 0.29) is 6.42 Å². The molecule has 0 bridgehead atoms. The van der Waals surface area contributed by atoms with Gasteiger partial charge < -0.3 is 20.1 Å². The van der Waals surface area contributed by atoms with Crippen molar-refractivity contribution < 1.29 is 29.6 Å². The van der Waals surface area contributed by atoms with Crippen molar-refractivity contribution in [1.82, 2.24) is 0 Å². The summed E-state index contributed by atoms with van der Waals surface area (Å²) in [6.45, 7) is 1.56. The van der Waals surface area contributed by atoms with Crippen molar-refractivity contribution in [3.8, 4) is 0 Å². The van der Waals surface area contributed by atoms with E-state index in [4.69, 9.17) is 15.3 Å². The predicted octanol–water partition coefficient (Wildman–Crippen LogP) is 1.46. The highest BCUT2D eigenvalue weighted by Gasteiger charge is 2.20. The molecule has 6 heteroatoms. The predicted molar refractivity (Wildman–Crippen MR) is 72.8 cm³/mol. The maximum atomic E-state index is 11.6. The summed E-state index contributed by atoms with van der Waals surface area (Å²) < 4.78 is 4.61. The molecule has 0 aliphatic rings. The van der Waals surface area contributed by atoms with Crippen LogP contribution in [0.1, 0.15) is 45.4 Å². The third kappa shape index (κ3) is 10.5. The molecule has 0 aliphatic heterocycles. The lowest BCUT2D eigenvalue weighted by Gasteiger charge is -2.11. The number of aliphatic carboxylic acids is 1. The van der Waals surface area contributed by atoms with Gasteiger partial charge in [-0.15, -0.1) is 0 Å². The number of carboxylic acids is 1. The van der Waals surface area contributed by atoms with Crippen molar-refractivity contribution in [2.45, 2.75) is 51.7 Å². The monoisotopic (exact) mass is 288 g/mol. The lowest BCUT2D eigenvalue weighted by molar-refractivity contribution is -0.161. The summed E-state index contributed by atoms with van der Waals surface area (Å²) in [5.74, 6) is -2.75. The van der Waals surface area contributed by atoms with Crippen LogP contribution >= 0.6 is 0 Å². The molecule has 0 spiro atoms. The first-order valence-electron chi connectivity index (χ1n) is 6.88. The van der Waals surface area contributed by atoms with Crippen LogP contribution in [-0.2, 0) is 14.3 Å². The van der Waals surface area contributed by atoms with Crippen molar-refractivity contribution in [1.29, 1.82) is 0 Å². The van der Waals surface area contributed by atoms with Gasteiger partial charge in [-0.1, -0.05) is 38.3 Å². The third-order valence-corrected chi connectivity index (χ3v) is 2.66. The molecule has 0 saturated carbocycles. The number of carboxylic acid groups (broad SMARTS) is 1. The Morgan fingerprint density at radius 3 is 2.45 bits per heavy atom. The third-order valence-electron chi connectivity index (χ3n) is 2.66. The number of hydrogen-bond acceptors (Lipinski definition) is 5. The van der Waals surface area contributed by atoms with Crippen LogP contribution in [-0.4, -0.2) is 40.2 Å². The van der Waals surface area contributed by atoms with Crippen LogP contribution in [0.5, 0.6) is 0 Å². The van der Waals surface area contributed by atoms with Gasteiger partial charge in [0.25, 0.3) is 0 Å². The van der Waals surface area contributed by atoms with Gasteiger partial charge in [-0.05, 0) is 12.8 Å². The quantitative estimate of drug-likeness (QED) is 0.230. The maximum Gasteiger partial charge on any atom is 0.313 e. The van der Waals surface area contributed by atoms with Crippen LogP contribution in [0.15, 0.2) is 12.2 Å². The van der Waals surface area contributed by atoms with Crippen LogP contribution in [0, 0.1) is 5.92 Å². The molecule has 0 radical (unpaired) electrons. The summed E-state index contributed by atoms with van der Waals surface area (Å²) in [5, 5.41) is 26.0. The highest BCUT2D eigenvalue weighted by molar-refractivity contribution is 5.80. The lowest BCUT2D eigenvalue weighted by atomic mass is 10.0. The minimum atomic E-state index is -1.75. The van der Waals surface area contributed by atoms with Gasteiger partial charge in [0.2, 0.25) is 0 Å². The summed E-state index contributed by atoms with van der Waals surface area (Å²) >= 11 is 0. The van der Waals surface area contributed by atoms with Gasteiger partial charge >= 0.3 is 11.9 Å². The minimum Gasteiger partial charge on any atom is -0.481 e. The van der Waals surface area contributed by atoms with Gasteiger partial charge in [0.15, 0.2) is 6.29 Å². The Bertz CT molecular complexity index is 311. The molecule has 20 heavy (non-hydrogen) atoms. The van der Waals surface area contributed by atoms with E-state index in [1.165, 1.54) is 6.08 Å². The Kier molecular flexibility index (Phi) is 10.6. The Morgan fingerprint density at radius 2 is 1.90 bits per heavy atom. The smallest absolute Gasteiger partial charge is 0.313 e. The first-order chi connectivity index (χ1) is 9.47. The second-order valence-electron chi connectivity index (χ2n) is 4.59. The van der Waals surface area contributed by atoms with E-state index in [2.05, 4.69) is 11.7 Å². The first kappa shape index (κ1) is 18.6. The van der Waals surface area contributed by atoms with Gasteiger partial charge in [-0.3, -0.25) is 9.59 Å². The van der Waals surface area contributed by atoms with E-state index in [0.717, 1.165) is 32.1 Å². The average Bonchev–Trinajstić information content (AvgIpc) is 2.38. The molecular formula is C14H24O6. The normalized spacial score (nSPS) is 12.8. The zero-order chi connectivity index (χ0) is 15.4. The topological polar surface area (TPSA) is 104 Å². The van der Waals surface area contributed by atoms with E-state index in [1.54, 1.807) is 6.08 Å². The van der Waals surface area contributed by atoms with Crippen LogP contribution in [0.25, 0.3) is 0 Å². The molecule has 0 aromatic rings. The SMILES string of the molecule is CCCCCCC=CC(CC(=O)O)C(=O)OCC(O)O. The fraction of sp³-hybridized carbons (Fsp3) is 0.714. The molecule has 0 aliphatic carbocycles. The zero-order valence-electron chi connectivity index (χ0n) is 11.8. The molecule has 0 fully saturated rings. The molecule has 0 rings (SSSR count). The minimum absolute atomic E-state index is 0.369. The van der Waals surface area contributed by atoms with Gasteiger partial charge in [0, 0.05) is 0 Å². The molecule has 1 unspecified atom stereocenters. The Labute approximate surface area is 119 Å². The van der Waals surface area contributed by atoms with Crippen molar-refractivity contribution >= 4 is 11.9 Å². The number of aliphatic hydroxyl groups excluding tert-OH is 1. The van der Waals surface area contributed by atoms with E-state index >= 15 is 0 Å². The number of aliphatic hydroxyl groups is 2. The second kappa shape index (κ2) is 11.4. The number of unbranched alkanes of at least 4 members (excludes halogenated alkanes) is 4. The Balaban J connectivity index is 4.22. The summed E-state index contributed by atoms with van der Waals surface area (Å²) in [5.41, 5.74) is 0. The number of rotatable bonds is 11. The largest absolute Gasteiger partial charge is 0.481 e. The van der Waals surface area contributed by atoms with Crippen LogP contribution in [0.4, 0.5) is 0 Å². The van der Waals surface area contributed by atoms with Gasteiger partial charge in [-0.25, -0.2) is 0 Å². The summed E-state index contributed by atoms with van der Waals surface area (Å²) in [7, 11) is 0. The first-order valence-corrected chi connectivity index (χ1v) is 6.88. The molecule has 3 N–H and O–H groups in total. The highest BCUT2D eigenvalue weighted by Crippen LogP contribution is 2.11. The van der Waals surface area contributed by atoms with Crippen LogP contribution in [0.2, 0.25) is 0 Å². The molecule has 0 amide bonds. The van der Waals surface area contributed by atoms with E-state index < -0.39 is 30.8 Å². The number of carbonyl (C=O) groups is 2. The molecule has 116 valence electrons. The van der Waals surface area contributed by atoms with Gasteiger partial charge in [-0.2, -0.15) is 0 Å². The summed E-state index contributed by atoms with van der Waals surface area (Å²) in [4.78, 5) is 22.3. The zero-order valence-corrected chi connectivity index (χ0v) is 11.8. The van der Waals surface area contributed by atoms with Crippen LogP contribution in [0.3, 0.4) is 0 Å². The average molecular weight is 288 g/mol. The molecule has 0 saturated heterocycles. The second-order valence-corrected chi connectivity index (χ2v) is 4.59. The maximum absolute atomic E-state index is 11.6. The van der Waals surface area contributed by atoms with Crippen molar-refractivity contribution in [3.63, 3.8) is 0 Å². The molecule has 0 aromatic heterocycles. The van der Waals surface area contributed by atoms with Gasteiger partial charge in [0.1, 0.15) is 6.61 Å². The molecule has 0 aromatic carbocycles. The van der Waals surface area contributed by atoms with Crippen molar-refractivity contribution in [2.24, 2.45) is 5.92 Å². The van der Waals surface area contributed by atoms with Crippen molar-refractivity contribution in [2.75, 3.05) is 6.61 Å². The fourth-order valence-corrected chi connectivity index (χ4v) is 1.63. The Morgan fingerprint density at radius 1 is 1.20 bits per heavy atom. The van der Waals surface area contributed by atoms with E-state index in [1.807, 2.05) is 0 Å². The fourth-order valence-electron chi connectivity index (χ4n) is 1.63. The lowest BCUT2D eigenvalue weighted by Crippen LogP contribution is -2.24. The number of hydrogen-bond donors (Lipinski definition) is 3. The molecular weight excluding hydrogens is 264 g/mol. The van der Waals surface area contributed by atoms with Gasteiger partial charge in [0.05, 0.1) is 12.3 Å². The summed E-state index contributed by atoms with van der Waals surface area (Å²) in [6.07, 6.45) is 6.36.